The molecule has 1 aromatic heterocycles. The van der Waals surface area contributed by atoms with Gasteiger partial charge in [-0.25, -0.2) is 9.78 Å². The van der Waals surface area contributed by atoms with E-state index >= 15 is 0 Å². The van der Waals surface area contributed by atoms with Crippen molar-refractivity contribution in [3.63, 3.8) is 0 Å². The van der Waals surface area contributed by atoms with E-state index < -0.39 is 5.60 Å². The highest BCUT2D eigenvalue weighted by atomic mass is 32.1. The van der Waals surface area contributed by atoms with Crippen LogP contribution in [0.5, 0.6) is 0 Å². The molecule has 0 spiro atoms. The molecule has 1 N–H and O–H groups in total. The summed E-state index contributed by atoms with van der Waals surface area (Å²) in [6.07, 6.45) is 3.69. The van der Waals surface area contributed by atoms with E-state index in [0.29, 0.717) is 12.6 Å². The second-order valence-corrected chi connectivity index (χ2v) is 6.56. The molecular weight excluding hydrogens is 262 g/mol. The van der Waals surface area contributed by atoms with Gasteiger partial charge in [-0.2, -0.15) is 0 Å². The Kier molecular flexibility index (Phi) is 4.29. The Morgan fingerprint density at radius 2 is 2.42 bits per heavy atom. The summed E-state index contributed by atoms with van der Waals surface area (Å²) in [5.74, 6) is 0. The van der Waals surface area contributed by atoms with Gasteiger partial charge in [0, 0.05) is 30.7 Å². The highest BCUT2D eigenvalue weighted by molar-refractivity contribution is 7.13. The lowest BCUT2D eigenvalue weighted by atomic mass is 10.2. The van der Waals surface area contributed by atoms with Crippen LogP contribution in [0.2, 0.25) is 0 Å². The maximum absolute atomic E-state index is 11.6. The molecule has 0 bridgehead atoms. The van der Waals surface area contributed by atoms with Crippen LogP contribution in [0.15, 0.2) is 11.6 Å². The minimum Gasteiger partial charge on any atom is -0.444 e. The molecule has 106 valence electrons. The first-order chi connectivity index (χ1) is 8.96. The van der Waals surface area contributed by atoms with Crippen molar-refractivity contribution in [3.05, 3.63) is 11.6 Å². The minimum atomic E-state index is -0.450. The van der Waals surface area contributed by atoms with Gasteiger partial charge in [-0.15, -0.1) is 11.3 Å². The molecule has 1 fully saturated rings. The Labute approximate surface area is 118 Å². The van der Waals surface area contributed by atoms with Gasteiger partial charge in [0.25, 0.3) is 0 Å². The van der Waals surface area contributed by atoms with Crippen LogP contribution in [-0.4, -0.2) is 35.8 Å². The predicted molar refractivity (Wildman–Crippen MR) is 76.7 cm³/mol. The van der Waals surface area contributed by atoms with Gasteiger partial charge in [-0.05, 0) is 33.6 Å². The first-order valence-electron chi connectivity index (χ1n) is 6.59. The molecule has 2 heterocycles. The minimum absolute atomic E-state index is 0.318. The molecule has 0 unspecified atom stereocenters. The van der Waals surface area contributed by atoms with E-state index in [2.05, 4.69) is 15.2 Å². The lowest BCUT2D eigenvalue weighted by Gasteiger charge is -2.25. The Hall–Kier alpha value is -1.30. The van der Waals surface area contributed by atoms with E-state index in [1.807, 2.05) is 32.3 Å². The smallest absolute Gasteiger partial charge is 0.407 e. The SMILES string of the molecule is CC(C)(C)OC(=O)NC[C@@H]1CCCN1c1nccs1. The van der Waals surface area contributed by atoms with Crippen molar-refractivity contribution in [2.75, 3.05) is 18.0 Å². The summed E-state index contributed by atoms with van der Waals surface area (Å²) in [5.41, 5.74) is -0.450. The largest absolute Gasteiger partial charge is 0.444 e. The molecular formula is C13H21N3O2S. The number of aromatic nitrogens is 1. The summed E-state index contributed by atoms with van der Waals surface area (Å²) in [5, 5.41) is 5.86. The third-order valence-electron chi connectivity index (χ3n) is 2.92. The first kappa shape index (κ1) is 14.1. The normalized spacial score (nSPS) is 19.5. The lowest BCUT2D eigenvalue weighted by Crippen LogP contribution is -2.42. The molecule has 5 nitrogen and oxygen atoms in total. The summed E-state index contributed by atoms with van der Waals surface area (Å²) >= 11 is 1.64. The lowest BCUT2D eigenvalue weighted by molar-refractivity contribution is 0.0525. The predicted octanol–water partition coefficient (Wildman–Crippen LogP) is 2.64. The Morgan fingerprint density at radius 3 is 3.05 bits per heavy atom. The topological polar surface area (TPSA) is 54.5 Å². The number of carbonyl (C=O) groups excluding carboxylic acids is 1. The fraction of sp³-hybridized carbons (Fsp3) is 0.692. The second-order valence-electron chi connectivity index (χ2n) is 5.69. The molecule has 0 aromatic carbocycles. The van der Waals surface area contributed by atoms with Crippen molar-refractivity contribution in [2.45, 2.75) is 45.3 Å². The van der Waals surface area contributed by atoms with E-state index in [9.17, 15) is 4.79 Å². The van der Waals surface area contributed by atoms with Crippen molar-refractivity contribution >= 4 is 22.6 Å². The third-order valence-corrected chi connectivity index (χ3v) is 3.73. The van der Waals surface area contributed by atoms with Crippen molar-refractivity contribution in [1.82, 2.24) is 10.3 Å². The number of amides is 1. The number of hydrogen-bond donors (Lipinski definition) is 1. The van der Waals surface area contributed by atoms with Crippen molar-refractivity contribution < 1.29 is 9.53 Å². The van der Waals surface area contributed by atoms with Crippen LogP contribution < -0.4 is 10.2 Å². The Bertz CT molecular complexity index is 414. The number of alkyl carbamates (subject to hydrolysis) is 1. The zero-order valence-electron chi connectivity index (χ0n) is 11.7. The van der Waals surface area contributed by atoms with Gasteiger partial charge in [0.05, 0.1) is 0 Å². The van der Waals surface area contributed by atoms with Crippen molar-refractivity contribution in [1.29, 1.82) is 0 Å². The van der Waals surface area contributed by atoms with Crippen LogP contribution >= 0.6 is 11.3 Å². The molecule has 0 aliphatic carbocycles. The van der Waals surface area contributed by atoms with Gasteiger partial charge in [-0.1, -0.05) is 0 Å². The van der Waals surface area contributed by atoms with Crippen LogP contribution in [0.3, 0.4) is 0 Å². The number of ether oxygens (including phenoxy) is 1. The summed E-state index contributed by atoms with van der Waals surface area (Å²) < 4.78 is 5.24. The average molecular weight is 283 g/mol. The number of rotatable bonds is 3. The quantitative estimate of drug-likeness (QED) is 0.926. The van der Waals surface area contributed by atoms with Crippen molar-refractivity contribution in [3.8, 4) is 0 Å². The molecule has 19 heavy (non-hydrogen) atoms. The van der Waals surface area contributed by atoms with Gasteiger partial charge < -0.3 is 15.0 Å². The van der Waals surface area contributed by atoms with Gasteiger partial charge in [0.1, 0.15) is 5.60 Å². The van der Waals surface area contributed by atoms with Crippen LogP contribution in [0.1, 0.15) is 33.6 Å². The molecule has 6 heteroatoms. The monoisotopic (exact) mass is 283 g/mol. The van der Waals surface area contributed by atoms with E-state index in [1.54, 1.807) is 11.3 Å². The number of carbonyl (C=O) groups is 1. The number of nitrogens with one attached hydrogen (secondary N) is 1. The summed E-state index contributed by atoms with van der Waals surface area (Å²) in [7, 11) is 0. The highest BCUT2D eigenvalue weighted by Gasteiger charge is 2.27. The molecule has 1 amide bonds. The maximum Gasteiger partial charge on any atom is 0.407 e. The molecule has 0 radical (unpaired) electrons. The zero-order chi connectivity index (χ0) is 13.9. The zero-order valence-corrected chi connectivity index (χ0v) is 12.5. The fourth-order valence-corrected chi connectivity index (χ4v) is 2.91. The standard InChI is InChI=1S/C13H21N3O2S/c1-13(2,3)18-12(17)15-9-10-5-4-7-16(10)11-14-6-8-19-11/h6,8,10H,4-5,7,9H2,1-3H3,(H,15,17)/t10-/m0/s1. The first-order valence-corrected chi connectivity index (χ1v) is 7.47. The number of anilines is 1. The molecule has 1 saturated heterocycles. The van der Waals surface area contributed by atoms with Gasteiger partial charge in [0.2, 0.25) is 0 Å². The van der Waals surface area contributed by atoms with Crippen molar-refractivity contribution in [2.24, 2.45) is 0 Å². The number of thiazole rings is 1. The van der Waals surface area contributed by atoms with E-state index in [-0.39, 0.29) is 6.09 Å². The molecule has 1 atom stereocenters. The number of nitrogens with zero attached hydrogens (tertiary/aromatic N) is 2. The third kappa shape index (κ3) is 4.09. The molecule has 2 rings (SSSR count). The van der Waals surface area contributed by atoms with E-state index in [0.717, 1.165) is 24.5 Å². The molecule has 1 aliphatic rings. The average Bonchev–Trinajstić information content (AvgIpc) is 2.94. The van der Waals surface area contributed by atoms with Gasteiger partial charge in [-0.3, -0.25) is 0 Å². The second kappa shape index (κ2) is 5.77. The fourth-order valence-electron chi connectivity index (χ4n) is 2.17. The summed E-state index contributed by atoms with van der Waals surface area (Å²) in [6.45, 7) is 7.21. The van der Waals surface area contributed by atoms with Gasteiger partial charge >= 0.3 is 6.09 Å². The van der Waals surface area contributed by atoms with E-state index in [4.69, 9.17) is 4.74 Å². The summed E-state index contributed by atoms with van der Waals surface area (Å²) in [6, 6.07) is 0.318. The Morgan fingerprint density at radius 1 is 1.63 bits per heavy atom. The van der Waals surface area contributed by atoms with Crippen LogP contribution in [-0.2, 0) is 4.74 Å². The molecule has 1 aliphatic heterocycles. The highest BCUT2D eigenvalue weighted by Crippen LogP contribution is 2.26. The van der Waals surface area contributed by atoms with Crippen LogP contribution in [0, 0.1) is 0 Å². The van der Waals surface area contributed by atoms with E-state index in [1.165, 1.54) is 0 Å². The molecule has 1 aromatic rings. The Balaban J connectivity index is 1.84. The number of hydrogen-bond acceptors (Lipinski definition) is 5. The molecule has 0 saturated carbocycles. The van der Waals surface area contributed by atoms with Gasteiger partial charge in [0.15, 0.2) is 5.13 Å². The van der Waals surface area contributed by atoms with Crippen LogP contribution in [0.4, 0.5) is 9.93 Å². The summed E-state index contributed by atoms with van der Waals surface area (Å²) in [4.78, 5) is 18.2. The maximum atomic E-state index is 11.6. The van der Waals surface area contributed by atoms with Crippen LogP contribution in [0.25, 0.3) is 0 Å².